The maximum atomic E-state index is 13.7. The Labute approximate surface area is 266 Å². The summed E-state index contributed by atoms with van der Waals surface area (Å²) in [7, 11) is -2.07. The zero-order chi connectivity index (χ0) is 32.2. The number of benzene rings is 1. The summed E-state index contributed by atoms with van der Waals surface area (Å²) in [5.41, 5.74) is 3.37. The first-order valence-electron chi connectivity index (χ1n) is 14.8. The molecule has 0 bridgehead atoms. The summed E-state index contributed by atoms with van der Waals surface area (Å²) in [5.74, 6) is 1.88. The van der Waals surface area contributed by atoms with Gasteiger partial charge in [0.1, 0.15) is 11.0 Å². The lowest BCUT2D eigenvalue weighted by Gasteiger charge is -2.24. The minimum atomic E-state index is -3.83. The lowest BCUT2D eigenvalue weighted by atomic mass is 9.99. The Morgan fingerprint density at radius 3 is 2.38 bits per heavy atom. The van der Waals surface area contributed by atoms with Crippen LogP contribution in [0.5, 0.6) is 0 Å². The zero-order valence-electron chi connectivity index (χ0n) is 25.7. The second kappa shape index (κ2) is 11.7. The number of sulfonamides is 1. The Hall–Kier alpha value is -4.10. The number of nitrogens with one attached hydrogen (secondary N) is 2. The Morgan fingerprint density at radius 2 is 1.73 bits per heavy atom. The van der Waals surface area contributed by atoms with Gasteiger partial charge in [-0.05, 0) is 80.7 Å². The highest BCUT2D eigenvalue weighted by Crippen LogP contribution is 2.46. The van der Waals surface area contributed by atoms with Gasteiger partial charge in [0, 0.05) is 38.1 Å². The molecule has 45 heavy (non-hydrogen) atoms. The minimum Gasteiger partial charge on any atom is -0.377 e. The van der Waals surface area contributed by atoms with Crippen molar-refractivity contribution in [3.8, 4) is 0 Å². The quantitative estimate of drug-likeness (QED) is 0.282. The number of carbonyl (C=O) groups is 1. The van der Waals surface area contributed by atoms with Crippen molar-refractivity contribution in [1.82, 2.24) is 29.2 Å². The van der Waals surface area contributed by atoms with E-state index >= 15 is 0 Å². The Morgan fingerprint density at radius 1 is 1.07 bits per heavy atom. The maximum Gasteiger partial charge on any atom is 0.285 e. The van der Waals surface area contributed by atoms with Crippen molar-refractivity contribution in [3.63, 3.8) is 0 Å². The molecule has 1 aliphatic heterocycles. The molecule has 4 heterocycles. The predicted molar refractivity (Wildman–Crippen MR) is 173 cm³/mol. The topological polar surface area (TPSA) is 152 Å². The van der Waals surface area contributed by atoms with E-state index in [1.807, 2.05) is 50.0 Å². The van der Waals surface area contributed by atoms with Gasteiger partial charge in [-0.3, -0.25) is 14.2 Å². The lowest BCUT2D eigenvalue weighted by Crippen LogP contribution is -2.31. The van der Waals surface area contributed by atoms with Crippen LogP contribution >= 0.6 is 11.6 Å². The van der Waals surface area contributed by atoms with Gasteiger partial charge in [-0.1, -0.05) is 17.7 Å². The van der Waals surface area contributed by atoms with E-state index in [4.69, 9.17) is 16.6 Å². The van der Waals surface area contributed by atoms with Crippen LogP contribution in [0.4, 0.5) is 11.6 Å². The van der Waals surface area contributed by atoms with Gasteiger partial charge in [0.05, 0.1) is 28.9 Å². The normalized spacial score (nSPS) is 19.1. The molecule has 12 nitrogen and oxygen atoms in total. The molecular formula is C31H35ClN8O4S. The van der Waals surface area contributed by atoms with E-state index in [9.17, 15) is 18.0 Å². The molecule has 3 aromatic heterocycles. The van der Waals surface area contributed by atoms with E-state index in [0.717, 1.165) is 49.1 Å². The molecule has 0 unspecified atom stereocenters. The van der Waals surface area contributed by atoms with Crippen molar-refractivity contribution < 1.29 is 13.2 Å². The number of carbonyl (C=O) groups excluding carboxylic acids is 1. The number of nitrogens with zero attached hydrogens (tertiary/aromatic N) is 6. The molecule has 1 amide bonds. The van der Waals surface area contributed by atoms with Gasteiger partial charge in [-0.25, -0.2) is 33.1 Å². The van der Waals surface area contributed by atoms with Crippen molar-refractivity contribution in [2.75, 3.05) is 29.6 Å². The summed E-state index contributed by atoms with van der Waals surface area (Å²) in [6, 6.07) is 6.44. The average molecular weight is 651 g/mol. The number of pyridine rings is 1. The van der Waals surface area contributed by atoms with Crippen LogP contribution in [0.15, 0.2) is 41.5 Å². The average Bonchev–Trinajstić information content (AvgIpc) is 3.55. The summed E-state index contributed by atoms with van der Waals surface area (Å²) in [6.45, 7) is 7.31. The predicted octanol–water partition coefficient (Wildman–Crippen LogP) is 3.88. The highest BCUT2D eigenvalue weighted by Gasteiger charge is 2.42. The molecule has 0 radical (unpaired) electrons. The van der Waals surface area contributed by atoms with E-state index in [0.29, 0.717) is 34.6 Å². The molecule has 0 spiro atoms. The standard InChI is InChI=1S/C31H35ClN8O4S/c1-16-8-23(17(2)35-25-6-7-26(32)36-28(25)29(41)38-45(5,43)44)27-24(9-16)30(42)39(4)31(37-27)40-14-20-10-19(11-21(20)15-40)22-12-33-18(3)34-13-22/h6-9,12-13,17,19-21,35H,10-11,14-15H2,1-5H3,(H,38,41)/t17-,20+,21+/m1/s1. The first kappa shape index (κ1) is 30.9. The van der Waals surface area contributed by atoms with Crippen molar-refractivity contribution in [1.29, 1.82) is 0 Å². The fourth-order valence-corrected chi connectivity index (χ4v) is 7.34. The number of halogens is 1. The van der Waals surface area contributed by atoms with Crippen LogP contribution in [0.3, 0.4) is 0 Å². The lowest BCUT2D eigenvalue weighted by molar-refractivity contribution is 0.0977. The van der Waals surface area contributed by atoms with E-state index in [-0.39, 0.29) is 22.1 Å². The number of fused-ring (bicyclic) bond motifs is 2. The van der Waals surface area contributed by atoms with Crippen molar-refractivity contribution in [3.05, 3.63) is 80.4 Å². The number of aryl methyl sites for hydroxylation is 2. The fraction of sp³-hybridized carbons (Fsp3) is 0.419. The van der Waals surface area contributed by atoms with Gasteiger partial charge < -0.3 is 10.2 Å². The number of hydrogen-bond acceptors (Lipinski definition) is 10. The third-order valence-electron chi connectivity index (χ3n) is 8.83. The molecule has 3 atom stereocenters. The maximum absolute atomic E-state index is 13.7. The highest BCUT2D eigenvalue weighted by atomic mass is 35.5. The van der Waals surface area contributed by atoms with Crippen molar-refractivity contribution in [2.24, 2.45) is 18.9 Å². The molecule has 2 fully saturated rings. The number of anilines is 2. The summed E-state index contributed by atoms with van der Waals surface area (Å²) in [6.07, 6.45) is 6.87. The molecule has 1 aliphatic carbocycles. The van der Waals surface area contributed by atoms with Gasteiger partial charge in [-0.15, -0.1) is 0 Å². The summed E-state index contributed by atoms with van der Waals surface area (Å²) in [5, 5.41) is 3.80. The number of aromatic nitrogens is 5. The summed E-state index contributed by atoms with van der Waals surface area (Å²) < 4.78 is 27.0. The summed E-state index contributed by atoms with van der Waals surface area (Å²) >= 11 is 6.05. The molecule has 236 valence electrons. The smallest absolute Gasteiger partial charge is 0.285 e. The van der Waals surface area contributed by atoms with Gasteiger partial charge in [0.25, 0.3) is 11.5 Å². The van der Waals surface area contributed by atoms with E-state index < -0.39 is 22.0 Å². The van der Waals surface area contributed by atoms with Gasteiger partial charge >= 0.3 is 0 Å². The van der Waals surface area contributed by atoms with Crippen molar-refractivity contribution >= 4 is 50.1 Å². The fourth-order valence-electron chi connectivity index (χ4n) is 6.76. The second-order valence-corrected chi connectivity index (χ2v) is 14.4. The highest BCUT2D eigenvalue weighted by molar-refractivity contribution is 7.89. The molecule has 2 N–H and O–H groups in total. The molecule has 1 saturated carbocycles. The van der Waals surface area contributed by atoms with Crippen LogP contribution in [0.25, 0.3) is 10.9 Å². The van der Waals surface area contributed by atoms with Crippen LogP contribution < -0.4 is 20.5 Å². The molecule has 14 heteroatoms. The van der Waals surface area contributed by atoms with Crippen LogP contribution in [0.2, 0.25) is 5.15 Å². The molecule has 4 aromatic rings. The summed E-state index contributed by atoms with van der Waals surface area (Å²) in [4.78, 5) is 46.7. The van der Waals surface area contributed by atoms with Crippen LogP contribution in [0.1, 0.15) is 64.7 Å². The Balaban J connectivity index is 1.30. The monoisotopic (exact) mass is 650 g/mol. The third kappa shape index (κ3) is 6.23. The first-order valence-corrected chi connectivity index (χ1v) is 17.0. The molecule has 2 aliphatic rings. The number of hydrogen-bond donors (Lipinski definition) is 2. The molecule has 1 saturated heterocycles. The van der Waals surface area contributed by atoms with Crippen molar-refractivity contribution in [2.45, 2.75) is 45.6 Å². The van der Waals surface area contributed by atoms with E-state index in [1.54, 1.807) is 17.7 Å². The van der Waals surface area contributed by atoms with Gasteiger partial charge in [0.2, 0.25) is 16.0 Å². The minimum absolute atomic E-state index is 0.0385. The first-order chi connectivity index (χ1) is 21.3. The second-order valence-electron chi connectivity index (χ2n) is 12.3. The van der Waals surface area contributed by atoms with Crippen LogP contribution in [-0.4, -0.2) is 58.2 Å². The third-order valence-corrected chi connectivity index (χ3v) is 9.60. The van der Waals surface area contributed by atoms with E-state index in [1.165, 1.54) is 11.6 Å². The molecule has 6 rings (SSSR count). The SMILES string of the molecule is Cc1cc([C@@H](C)Nc2ccc(Cl)nc2C(=O)NS(C)(=O)=O)c2nc(N3C[C@@H]4CC(c5cnc(C)nc5)C[C@H]4C3)n(C)c(=O)c2c1. The Bertz CT molecular complexity index is 1970. The zero-order valence-corrected chi connectivity index (χ0v) is 27.3. The molecule has 1 aromatic carbocycles. The number of rotatable bonds is 7. The van der Waals surface area contributed by atoms with E-state index in [2.05, 4.69) is 25.2 Å². The van der Waals surface area contributed by atoms with Gasteiger partial charge in [-0.2, -0.15) is 0 Å². The number of amides is 1. The van der Waals surface area contributed by atoms with Crippen LogP contribution in [-0.2, 0) is 17.1 Å². The largest absolute Gasteiger partial charge is 0.377 e. The molecular weight excluding hydrogens is 616 g/mol. The Kier molecular flexibility index (Phi) is 8.02. The van der Waals surface area contributed by atoms with Gasteiger partial charge in [0.15, 0.2) is 5.69 Å². The van der Waals surface area contributed by atoms with Crippen LogP contribution in [0, 0.1) is 25.7 Å².